The van der Waals surface area contributed by atoms with Crippen LogP contribution < -0.4 is 4.74 Å². The summed E-state index contributed by atoms with van der Waals surface area (Å²) in [5.41, 5.74) is 2.49. The third kappa shape index (κ3) is 5.39. The van der Waals surface area contributed by atoms with Gasteiger partial charge in [-0.05, 0) is 58.8 Å². The fraction of sp³-hybridized carbons (Fsp3) is 0.368. The molecule has 2 aromatic carbocycles. The van der Waals surface area contributed by atoms with Crippen molar-refractivity contribution in [2.45, 2.75) is 32.9 Å². The van der Waals surface area contributed by atoms with Gasteiger partial charge in [-0.3, -0.25) is 4.90 Å². The maximum Gasteiger partial charge on any atom is 0.171 e. The van der Waals surface area contributed by atoms with Crippen molar-refractivity contribution in [3.8, 4) is 11.5 Å². The molecule has 1 N–H and O–H groups in total. The lowest BCUT2D eigenvalue weighted by atomic mass is 10.1. The molecule has 0 saturated heterocycles. The van der Waals surface area contributed by atoms with E-state index in [9.17, 15) is 5.11 Å². The van der Waals surface area contributed by atoms with Crippen molar-refractivity contribution >= 4 is 22.6 Å². The Kier molecular flexibility index (Phi) is 7.17. The average molecular weight is 425 g/mol. The van der Waals surface area contributed by atoms with Gasteiger partial charge in [-0.2, -0.15) is 0 Å². The summed E-state index contributed by atoms with van der Waals surface area (Å²) in [4.78, 5) is 2.45. The van der Waals surface area contributed by atoms with Crippen molar-refractivity contribution in [2.24, 2.45) is 0 Å². The number of benzene rings is 2. The lowest BCUT2D eigenvalue weighted by Crippen LogP contribution is -2.24. The van der Waals surface area contributed by atoms with Gasteiger partial charge >= 0.3 is 0 Å². The highest BCUT2D eigenvalue weighted by Gasteiger charge is 2.12. The van der Waals surface area contributed by atoms with Gasteiger partial charge in [-0.15, -0.1) is 0 Å². The Bertz CT molecular complexity index is 616. The van der Waals surface area contributed by atoms with Gasteiger partial charge in [-0.25, -0.2) is 0 Å². The van der Waals surface area contributed by atoms with Crippen molar-refractivity contribution in [3.63, 3.8) is 0 Å². The molecule has 0 radical (unpaired) electrons. The Morgan fingerprint density at radius 2 is 1.78 bits per heavy atom. The molecule has 3 nitrogen and oxygen atoms in total. The highest BCUT2D eigenvalue weighted by atomic mass is 127. The van der Waals surface area contributed by atoms with Crippen LogP contribution in [-0.2, 0) is 13.1 Å². The number of nitrogens with zero attached hydrogens (tertiary/aromatic N) is 1. The number of phenols is 1. The number of halogens is 1. The molecule has 2 rings (SSSR count). The molecule has 0 amide bonds. The third-order valence-corrected chi connectivity index (χ3v) is 4.61. The van der Waals surface area contributed by atoms with Crippen molar-refractivity contribution in [3.05, 3.63) is 57.2 Å². The predicted octanol–water partition coefficient (Wildman–Crippen LogP) is 4.81. The summed E-state index contributed by atoms with van der Waals surface area (Å²) < 4.78 is 6.10. The highest BCUT2D eigenvalue weighted by molar-refractivity contribution is 14.1. The monoisotopic (exact) mass is 425 g/mol. The van der Waals surface area contributed by atoms with Crippen LogP contribution in [0.15, 0.2) is 42.5 Å². The van der Waals surface area contributed by atoms with Gasteiger partial charge in [0, 0.05) is 13.1 Å². The van der Waals surface area contributed by atoms with Gasteiger partial charge in [-0.1, -0.05) is 43.7 Å². The minimum Gasteiger partial charge on any atom is -0.504 e. The highest BCUT2D eigenvalue weighted by Crippen LogP contribution is 2.32. The Morgan fingerprint density at radius 3 is 2.43 bits per heavy atom. The summed E-state index contributed by atoms with van der Waals surface area (Å²) in [6.45, 7) is 5.06. The number of ether oxygens (including phenoxy) is 1. The molecule has 0 spiro atoms. The summed E-state index contributed by atoms with van der Waals surface area (Å²) in [5, 5.41) is 9.99. The van der Waals surface area contributed by atoms with Crippen molar-refractivity contribution in [1.29, 1.82) is 0 Å². The zero-order valence-corrected chi connectivity index (χ0v) is 15.9. The van der Waals surface area contributed by atoms with Crippen LogP contribution in [-0.4, -0.2) is 23.7 Å². The van der Waals surface area contributed by atoms with Crippen LogP contribution >= 0.6 is 22.6 Å². The Morgan fingerprint density at radius 1 is 1.09 bits per heavy atom. The van der Waals surface area contributed by atoms with E-state index in [2.05, 4.69) is 58.7 Å². The molecule has 23 heavy (non-hydrogen) atoms. The topological polar surface area (TPSA) is 32.7 Å². The van der Waals surface area contributed by atoms with Gasteiger partial charge in [0.15, 0.2) is 11.5 Å². The molecule has 0 saturated carbocycles. The van der Waals surface area contributed by atoms with Gasteiger partial charge in [0.1, 0.15) is 0 Å². The Labute approximate surface area is 152 Å². The molecule has 0 bridgehead atoms. The maximum absolute atomic E-state index is 9.99. The fourth-order valence-corrected chi connectivity index (χ4v) is 3.24. The molecule has 0 fully saturated rings. The molecular formula is C19H24INO2. The van der Waals surface area contributed by atoms with Crippen LogP contribution in [0.4, 0.5) is 0 Å². The van der Waals surface area contributed by atoms with Crippen LogP contribution in [0, 0.1) is 3.57 Å². The zero-order chi connectivity index (χ0) is 16.7. The second-order valence-electron chi connectivity index (χ2n) is 5.68. The van der Waals surface area contributed by atoms with Gasteiger partial charge in [0.05, 0.1) is 10.7 Å². The maximum atomic E-state index is 9.99. The van der Waals surface area contributed by atoms with E-state index in [1.54, 1.807) is 7.11 Å². The number of hydrogen-bond acceptors (Lipinski definition) is 3. The van der Waals surface area contributed by atoms with Crippen molar-refractivity contribution < 1.29 is 9.84 Å². The standard InChI is InChI=1S/C19H24INO2/c1-3-4-10-21(13-15-8-6-5-7-9-15)14-16-11-17(20)19(22)18(12-16)23-2/h5-9,11-12,22H,3-4,10,13-14H2,1-2H3. The molecule has 0 aliphatic carbocycles. The minimum absolute atomic E-state index is 0.222. The number of aromatic hydroxyl groups is 1. The second kappa shape index (κ2) is 9.13. The first-order chi connectivity index (χ1) is 11.1. The summed E-state index contributed by atoms with van der Waals surface area (Å²) >= 11 is 2.15. The summed E-state index contributed by atoms with van der Waals surface area (Å²) in [6, 6.07) is 14.5. The van der Waals surface area contributed by atoms with E-state index in [0.29, 0.717) is 5.75 Å². The first kappa shape index (κ1) is 18.1. The quantitative estimate of drug-likeness (QED) is 0.617. The largest absolute Gasteiger partial charge is 0.504 e. The molecule has 2 aromatic rings. The summed E-state index contributed by atoms with van der Waals surface area (Å²) in [7, 11) is 1.59. The molecule has 0 atom stereocenters. The molecule has 4 heteroatoms. The van der Waals surface area contributed by atoms with Gasteiger partial charge in [0.2, 0.25) is 0 Å². The molecule has 0 unspecified atom stereocenters. The zero-order valence-electron chi connectivity index (χ0n) is 13.8. The van der Waals surface area contributed by atoms with Crippen LogP contribution in [0.1, 0.15) is 30.9 Å². The van der Waals surface area contributed by atoms with E-state index in [1.165, 1.54) is 18.4 Å². The van der Waals surface area contributed by atoms with Gasteiger partial charge in [0.25, 0.3) is 0 Å². The lowest BCUT2D eigenvalue weighted by molar-refractivity contribution is 0.252. The number of rotatable bonds is 8. The molecule has 0 aromatic heterocycles. The molecule has 0 aliphatic rings. The first-order valence-electron chi connectivity index (χ1n) is 7.95. The molecular weight excluding hydrogens is 401 g/mol. The molecule has 0 aliphatic heterocycles. The molecule has 124 valence electrons. The molecule has 0 heterocycles. The van der Waals surface area contributed by atoms with Crippen LogP contribution in [0.3, 0.4) is 0 Å². The predicted molar refractivity (Wildman–Crippen MR) is 103 cm³/mol. The normalized spacial score (nSPS) is 11.0. The number of phenolic OH excluding ortho intramolecular Hbond substituents is 1. The van der Waals surface area contributed by atoms with Crippen molar-refractivity contribution in [1.82, 2.24) is 4.90 Å². The average Bonchev–Trinajstić information content (AvgIpc) is 2.56. The van der Waals surface area contributed by atoms with Crippen LogP contribution in [0.2, 0.25) is 0 Å². The minimum atomic E-state index is 0.222. The number of methoxy groups -OCH3 is 1. The summed E-state index contributed by atoms with van der Waals surface area (Å²) in [6.07, 6.45) is 2.36. The number of hydrogen-bond donors (Lipinski definition) is 1. The van der Waals surface area contributed by atoms with E-state index in [0.717, 1.165) is 28.8 Å². The first-order valence-corrected chi connectivity index (χ1v) is 9.03. The van der Waals surface area contributed by atoms with E-state index < -0.39 is 0 Å². The lowest BCUT2D eigenvalue weighted by Gasteiger charge is -2.23. The van der Waals surface area contributed by atoms with E-state index in [1.807, 2.05) is 18.2 Å². The third-order valence-electron chi connectivity index (χ3n) is 3.79. The van der Waals surface area contributed by atoms with Crippen LogP contribution in [0.5, 0.6) is 11.5 Å². The van der Waals surface area contributed by atoms with Gasteiger partial charge < -0.3 is 9.84 Å². The Balaban J connectivity index is 2.15. The van der Waals surface area contributed by atoms with Crippen LogP contribution in [0.25, 0.3) is 0 Å². The smallest absolute Gasteiger partial charge is 0.171 e. The SMILES string of the molecule is CCCCN(Cc1ccccc1)Cc1cc(I)c(O)c(OC)c1. The van der Waals surface area contributed by atoms with E-state index >= 15 is 0 Å². The Hall–Kier alpha value is -1.27. The number of unbranched alkanes of at least 4 members (excludes halogenated alkanes) is 1. The summed E-state index contributed by atoms with van der Waals surface area (Å²) in [5.74, 6) is 0.766. The fourth-order valence-electron chi connectivity index (χ4n) is 2.57. The second-order valence-corrected chi connectivity index (χ2v) is 6.84. The van der Waals surface area contributed by atoms with Crippen molar-refractivity contribution in [2.75, 3.05) is 13.7 Å². The van der Waals surface area contributed by atoms with E-state index in [-0.39, 0.29) is 5.75 Å². The van der Waals surface area contributed by atoms with E-state index in [4.69, 9.17) is 4.74 Å².